The van der Waals surface area contributed by atoms with Crippen molar-refractivity contribution >= 4 is 21.8 Å². The number of carbonyl (C=O) groups is 1. The highest BCUT2D eigenvalue weighted by Crippen LogP contribution is 2.03. The Morgan fingerprint density at radius 1 is 1.60 bits per heavy atom. The van der Waals surface area contributed by atoms with Crippen LogP contribution in [0, 0.1) is 6.92 Å². The lowest BCUT2D eigenvalue weighted by atomic mass is 10.3. The lowest BCUT2D eigenvalue weighted by Crippen LogP contribution is -2.29. The zero-order chi connectivity index (χ0) is 11.3. The predicted molar refractivity (Wildman–Crippen MR) is 64.3 cm³/mol. The molecular weight excluding hydrogens is 256 g/mol. The maximum absolute atomic E-state index is 11.6. The molecule has 0 aromatic carbocycles. The Morgan fingerprint density at radius 3 is 2.93 bits per heavy atom. The van der Waals surface area contributed by atoms with Gasteiger partial charge in [0.2, 0.25) is 0 Å². The van der Waals surface area contributed by atoms with E-state index >= 15 is 0 Å². The first-order chi connectivity index (χ1) is 7.13. The highest BCUT2D eigenvalue weighted by Gasteiger charge is 2.08. The van der Waals surface area contributed by atoms with Gasteiger partial charge in [-0.25, -0.2) is 4.98 Å². The maximum atomic E-state index is 11.6. The third-order valence-electron chi connectivity index (χ3n) is 2.05. The standard InChI is InChI=1S/C11H15BrN2O/c1-3-9(12)7-13-11(15)10-6-4-5-8(2)14-10/h4-6,9H,3,7H2,1-2H3,(H,13,15). The van der Waals surface area contributed by atoms with Crippen LogP contribution in [0.2, 0.25) is 0 Å². The minimum Gasteiger partial charge on any atom is -0.350 e. The van der Waals surface area contributed by atoms with E-state index in [1.165, 1.54) is 0 Å². The van der Waals surface area contributed by atoms with Gasteiger partial charge in [-0.05, 0) is 25.5 Å². The Labute approximate surface area is 98.4 Å². The van der Waals surface area contributed by atoms with Crippen molar-refractivity contribution < 1.29 is 4.79 Å². The number of carbonyl (C=O) groups excluding carboxylic acids is 1. The third kappa shape index (κ3) is 4.00. The topological polar surface area (TPSA) is 42.0 Å². The van der Waals surface area contributed by atoms with Crippen LogP contribution in [-0.4, -0.2) is 22.3 Å². The number of pyridine rings is 1. The molecule has 0 aliphatic rings. The van der Waals surface area contributed by atoms with Crippen molar-refractivity contribution in [2.75, 3.05) is 6.54 Å². The van der Waals surface area contributed by atoms with Crippen molar-refractivity contribution in [1.29, 1.82) is 0 Å². The van der Waals surface area contributed by atoms with Crippen LogP contribution in [0.3, 0.4) is 0 Å². The van der Waals surface area contributed by atoms with E-state index in [0.29, 0.717) is 17.1 Å². The van der Waals surface area contributed by atoms with Gasteiger partial charge in [0.1, 0.15) is 5.69 Å². The van der Waals surface area contributed by atoms with Crippen LogP contribution in [0.5, 0.6) is 0 Å². The second kappa shape index (κ2) is 5.85. The van der Waals surface area contributed by atoms with Crippen LogP contribution in [0.1, 0.15) is 29.5 Å². The summed E-state index contributed by atoms with van der Waals surface area (Å²) < 4.78 is 0. The average Bonchev–Trinajstić information content (AvgIpc) is 2.25. The molecule has 1 unspecified atom stereocenters. The fourth-order valence-corrected chi connectivity index (χ4v) is 1.27. The maximum Gasteiger partial charge on any atom is 0.269 e. The van der Waals surface area contributed by atoms with Gasteiger partial charge < -0.3 is 5.32 Å². The number of halogens is 1. The van der Waals surface area contributed by atoms with Crippen molar-refractivity contribution in [2.24, 2.45) is 0 Å². The van der Waals surface area contributed by atoms with Gasteiger partial charge in [0.05, 0.1) is 0 Å². The van der Waals surface area contributed by atoms with Crippen molar-refractivity contribution in [3.8, 4) is 0 Å². The summed E-state index contributed by atoms with van der Waals surface area (Å²) in [5, 5.41) is 2.83. The van der Waals surface area contributed by atoms with E-state index in [9.17, 15) is 4.79 Å². The molecule has 0 saturated heterocycles. The van der Waals surface area contributed by atoms with E-state index in [1.807, 2.05) is 19.1 Å². The van der Waals surface area contributed by atoms with E-state index in [4.69, 9.17) is 0 Å². The first-order valence-electron chi connectivity index (χ1n) is 4.99. The van der Waals surface area contributed by atoms with Crippen LogP contribution in [0.15, 0.2) is 18.2 Å². The van der Waals surface area contributed by atoms with E-state index in [1.54, 1.807) is 6.07 Å². The molecule has 15 heavy (non-hydrogen) atoms. The molecule has 1 aromatic heterocycles. The van der Waals surface area contributed by atoms with Gasteiger partial charge in [0.25, 0.3) is 5.91 Å². The van der Waals surface area contributed by atoms with Gasteiger partial charge in [-0.1, -0.05) is 28.9 Å². The number of nitrogens with one attached hydrogen (secondary N) is 1. The minimum atomic E-state index is -0.114. The number of alkyl halides is 1. The summed E-state index contributed by atoms with van der Waals surface area (Å²) in [6.45, 7) is 4.57. The second-order valence-corrected chi connectivity index (χ2v) is 4.67. The van der Waals surface area contributed by atoms with E-state index < -0.39 is 0 Å². The van der Waals surface area contributed by atoms with E-state index in [2.05, 4.69) is 33.2 Å². The Hall–Kier alpha value is -0.900. The molecule has 0 saturated carbocycles. The Morgan fingerprint density at radius 2 is 2.33 bits per heavy atom. The molecule has 82 valence electrons. The number of rotatable bonds is 4. The summed E-state index contributed by atoms with van der Waals surface area (Å²) in [6.07, 6.45) is 0.988. The molecular formula is C11H15BrN2O. The van der Waals surface area contributed by atoms with Crippen LogP contribution >= 0.6 is 15.9 Å². The third-order valence-corrected chi connectivity index (χ3v) is 3.02. The molecule has 3 nitrogen and oxygen atoms in total. The monoisotopic (exact) mass is 270 g/mol. The molecule has 0 radical (unpaired) electrons. The van der Waals surface area contributed by atoms with Gasteiger partial charge >= 0.3 is 0 Å². The molecule has 0 spiro atoms. The minimum absolute atomic E-state index is 0.114. The molecule has 0 fully saturated rings. The van der Waals surface area contributed by atoms with Crippen LogP contribution in [0.4, 0.5) is 0 Å². The molecule has 1 atom stereocenters. The second-order valence-electron chi connectivity index (χ2n) is 3.38. The van der Waals surface area contributed by atoms with Crippen molar-refractivity contribution in [3.05, 3.63) is 29.6 Å². The molecule has 1 N–H and O–H groups in total. The quantitative estimate of drug-likeness (QED) is 0.854. The summed E-state index contributed by atoms with van der Waals surface area (Å²) in [5.41, 5.74) is 1.33. The average molecular weight is 271 g/mol. The van der Waals surface area contributed by atoms with Gasteiger partial charge in [0.15, 0.2) is 0 Å². The number of aryl methyl sites for hydroxylation is 1. The van der Waals surface area contributed by atoms with E-state index in [0.717, 1.165) is 12.1 Å². The van der Waals surface area contributed by atoms with Crippen molar-refractivity contribution in [1.82, 2.24) is 10.3 Å². The van der Waals surface area contributed by atoms with Gasteiger partial charge in [-0.3, -0.25) is 4.79 Å². The molecule has 1 aromatic rings. The highest BCUT2D eigenvalue weighted by molar-refractivity contribution is 9.09. The van der Waals surface area contributed by atoms with Crippen LogP contribution < -0.4 is 5.32 Å². The molecule has 4 heteroatoms. The normalized spacial score (nSPS) is 12.2. The summed E-state index contributed by atoms with van der Waals surface area (Å²) in [7, 11) is 0. The molecule has 1 heterocycles. The first-order valence-corrected chi connectivity index (χ1v) is 5.91. The van der Waals surface area contributed by atoms with Gasteiger partial charge in [-0.2, -0.15) is 0 Å². The fraction of sp³-hybridized carbons (Fsp3) is 0.455. The fourth-order valence-electron chi connectivity index (χ4n) is 1.11. The molecule has 0 bridgehead atoms. The summed E-state index contributed by atoms with van der Waals surface area (Å²) >= 11 is 3.46. The molecule has 0 aliphatic carbocycles. The molecule has 1 rings (SSSR count). The number of nitrogens with zero attached hydrogens (tertiary/aromatic N) is 1. The lowest BCUT2D eigenvalue weighted by Gasteiger charge is -2.08. The predicted octanol–water partition coefficient (Wildman–Crippen LogP) is 2.29. The molecule has 1 amide bonds. The van der Waals surface area contributed by atoms with Gasteiger partial charge in [-0.15, -0.1) is 0 Å². The number of hydrogen-bond acceptors (Lipinski definition) is 2. The summed E-state index contributed by atoms with van der Waals surface area (Å²) in [5.74, 6) is -0.114. The van der Waals surface area contributed by atoms with E-state index in [-0.39, 0.29) is 5.91 Å². The van der Waals surface area contributed by atoms with Crippen molar-refractivity contribution in [3.63, 3.8) is 0 Å². The smallest absolute Gasteiger partial charge is 0.269 e. The summed E-state index contributed by atoms with van der Waals surface area (Å²) in [6, 6.07) is 5.43. The SMILES string of the molecule is CCC(Br)CNC(=O)c1cccc(C)n1. The highest BCUT2D eigenvalue weighted by atomic mass is 79.9. The number of hydrogen-bond donors (Lipinski definition) is 1. The number of amides is 1. The Kier molecular flexibility index (Phi) is 4.75. The summed E-state index contributed by atoms with van der Waals surface area (Å²) in [4.78, 5) is 16.1. The molecule has 0 aliphatic heterocycles. The van der Waals surface area contributed by atoms with Crippen molar-refractivity contribution in [2.45, 2.75) is 25.1 Å². The first kappa shape index (κ1) is 12.2. The Bertz CT molecular complexity index is 341. The zero-order valence-electron chi connectivity index (χ0n) is 8.96. The van der Waals surface area contributed by atoms with Crippen LogP contribution in [-0.2, 0) is 0 Å². The lowest BCUT2D eigenvalue weighted by molar-refractivity contribution is 0.0948. The number of aromatic nitrogens is 1. The van der Waals surface area contributed by atoms with Gasteiger partial charge in [0, 0.05) is 17.1 Å². The van der Waals surface area contributed by atoms with Crippen LogP contribution in [0.25, 0.3) is 0 Å². The largest absolute Gasteiger partial charge is 0.350 e. The zero-order valence-corrected chi connectivity index (χ0v) is 10.5. The Balaban J connectivity index is 2.54.